The molecule has 4 rings (SSSR count). The Morgan fingerprint density at radius 1 is 1.24 bits per heavy atom. The molecule has 1 aromatic carbocycles. The molecule has 3 heterocycles. The fourth-order valence-corrected chi connectivity index (χ4v) is 3.43. The molecule has 1 saturated heterocycles. The minimum absolute atomic E-state index is 0.160. The first-order valence-electron chi connectivity index (χ1n) is 9.40. The number of ether oxygens (including phenoxy) is 1. The smallest absolute Gasteiger partial charge is 0.387 e. The van der Waals surface area contributed by atoms with Crippen molar-refractivity contribution < 1.29 is 18.0 Å². The molecule has 2 aromatic heterocycles. The molecule has 1 aliphatic rings. The van der Waals surface area contributed by atoms with E-state index in [4.69, 9.17) is 4.52 Å². The van der Waals surface area contributed by atoms with Crippen LogP contribution in [-0.4, -0.2) is 40.9 Å². The zero-order chi connectivity index (χ0) is 20.2. The average molecular weight is 401 g/mol. The summed E-state index contributed by atoms with van der Waals surface area (Å²) in [5, 5.41) is 7.29. The van der Waals surface area contributed by atoms with Crippen LogP contribution in [0.5, 0.6) is 5.75 Å². The van der Waals surface area contributed by atoms with Crippen molar-refractivity contribution in [1.82, 2.24) is 15.1 Å². The lowest BCUT2D eigenvalue weighted by Crippen LogP contribution is -2.42. The fourth-order valence-electron chi connectivity index (χ4n) is 3.43. The van der Waals surface area contributed by atoms with Gasteiger partial charge < -0.3 is 19.5 Å². The van der Waals surface area contributed by atoms with E-state index < -0.39 is 6.61 Å². The third kappa shape index (κ3) is 4.79. The maximum atomic E-state index is 12.3. The molecule has 29 heavy (non-hydrogen) atoms. The maximum Gasteiger partial charge on any atom is 0.387 e. The van der Waals surface area contributed by atoms with E-state index >= 15 is 0 Å². The molecule has 9 heteroatoms. The molecular formula is C20H21F2N5O2. The van der Waals surface area contributed by atoms with Gasteiger partial charge >= 0.3 is 6.61 Å². The molecule has 0 amide bonds. The molecule has 0 spiro atoms. The summed E-state index contributed by atoms with van der Waals surface area (Å²) < 4.78 is 34.3. The van der Waals surface area contributed by atoms with Gasteiger partial charge in [0.15, 0.2) is 5.82 Å². The van der Waals surface area contributed by atoms with Gasteiger partial charge in [0.05, 0.1) is 0 Å². The quantitative estimate of drug-likeness (QED) is 0.666. The minimum atomic E-state index is -2.82. The van der Waals surface area contributed by atoms with E-state index in [1.165, 1.54) is 0 Å². The van der Waals surface area contributed by atoms with Crippen molar-refractivity contribution in [2.45, 2.75) is 32.4 Å². The van der Waals surface area contributed by atoms with Gasteiger partial charge in [-0.15, -0.1) is 0 Å². The number of alkyl halides is 2. The molecule has 0 saturated carbocycles. The predicted octanol–water partition coefficient (Wildman–Crippen LogP) is 4.12. The fraction of sp³-hybridized carbons (Fsp3) is 0.350. The number of anilines is 2. The Morgan fingerprint density at radius 2 is 2.07 bits per heavy atom. The normalized spacial score (nSPS) is 16.8. The van der Waals surface area contributed by atoms with Crippen LogP contribution in [0.3, 0.4) is 0 Å². The summed E-state index contributed by atoms with van der Waals surface area (Å²) in [7, 11) is 0. The van der Waals surface area contributed by atoms with Crippen LogP contribution in [0.1, 0.15) is 18.7 Å². The van der Waals surface area contributed by atoms with E-state index in [0.29, 0.717) is 11.7 Å². The first-order valence-corrected chi connectivity index (χ1v) is 9.40. The highest BCUT2D eigenvalue weighted by Gasteiger charge is 2.21. The Labute approximate surface area is 166 Å². The van der Waals surface area contributed by atoms with Crippen molar-refractivity contribution in [3.8, 4) is 17.2 Å². The Balaban J connectivity index is 1.41. The average Bonchev–Trinajstić information content (AvgIpc) is 3.15. The van der Waals surface area contributed by atoms with Crippen LogP contribution < -0.4 is 15.0 Å². The summed E-state index contributed by atoms with van der Waals surface area (Å²) in [5.41, 5.74) is 1.78. The zero-order valence-electron chi connectivity index (χ0n) is 15.9. The van der Waals surface area contributed by atoms with E-state index in [1.807, 2.05) is 12.1 Å². The molecular weight excluding hydrogens is 380 g/mol. The van der Waals surface area contributed by atoms with Gasteiger partial charge in [-0.25, -0.2) is 4.98 Å². The van der Waals surface area contributed by atoms with Crippen LogP contribution in [0.15, 0.2) is 47.1 Å². The standard InChI is InChI=1S/C20H21F2N5O2/c1-13-24-19(29-26-13)14-8-9-23-18(11-14)25-15-3-2-10-27(12-15)16-4-6-17(7-5-16)28-20(21)22/h4-9,11,15,20H,2-3,10,12H2,1H3,(H,23,25). The van der Waals surface area contributed by atoms with Crippen LogP contribution in [0.4, 0.5) is 20.3 Å². The van der Waals surface area contributed by atoms with Crippen LogP contribution in [0, 0.1) is 6.92 Å². The van der Waals surface area contributed by atoms with Crippen LogP contribution in [0.25, 0.3) is 11.5 Å². The molecule has 152 valence electrons. The molecule has 1 atom stereocenters. The van der Waals surface area contributed by atoms with Crippen LogP contribution in [-0.2, 0) is 0 Å². The van der Waals surface area contributed by atoms with Crippen molar-refractivity contribution in [2.75, 3.05) is 23.3 Å². The second kappa shape index (κ2) is 8.42. The molecule has 1 fully saturated rings. The molecule has 0 aliphatic carbocycles. The van der Waals surface area contributed by atoms with Crippen molar-refractivity contribution in [1.29, 1.82) is 0 Å². The lowest BCUT2D eigenvalue weighted by Gasteiger charge is -2.35. The summed E-state index contributed by atoms with van der Waals surface area (Å²) in [4.78, 5) is 10.9. The minimum Gasteiger partial charge on any atom is -0.435 e. The number of nitrogens with one attached hydrogen (secondary N) is 1. The second-order valence-electron chi connectivity index (χ2n) is 6.88. The SMILES string of the molecule is Cc1noc(-c2ccnc(NC3CCCN(c4ccc(OC(F)F)cc4)C3)c2)n1. The first-order chi connectivity index (χ1) is 14.1. The highest BCUT2D eigenvalue weighted by Crippen LogP contribution is 2.26. The van der Waals surface area contributed by atoms with Gasteiger partial charge in [-0.05, 0) is 56.2 Å². The molecule has 7 nitrogen and oxygen atoms in total. The third-order valence-corrected chi connectivity index (χ3v) is 4.73. The molecule has 1 unspecified atom stereocenters. The summed E-state index contributed by atoms with van der Waals surface area (Å²) in [6, 6.07) is 10.7. The van der Waals surface area contributed by atoms with Gasteiger partial charge in [0.25, 0.3) is 5.89 Å². The number of hydrogen-bond acceptors (Lipinski definition) is 7. The second-order valence-corrected chi connectivity index (χ2v) is 6.88. The van der Waals surface area contributed by atoms with E-state index in [-0.39, 0.29) is 11.8 Å². The molecule has 1 N–H and O–H groups in total. The van der Waals surface area contributed by atoms with Gasteiger partial charge in [-0.3, -0.25) is 0 Å². The number of aryl methyl sites for hydroxylation is 1. The first kappa shape index (κ1) is 19.1. The Bertz CT molecular complexity index is 948. The van der Waals surface area contributed by atoms with Gasteiger partial charge in [-0.1, -0.05) is 5.16 Å². The number of benzene rings is 1. The largest absolute Gasteiger partial charge is 0.435 e. The lowest BCUT2D eigenvalue weighted by atomic mass is 10.0. The van der Waals surface area contributed by atoms with E-state index in [9.17, 15) is 8.78 Å². The van der Waals surface area contributed by atoms with Crippen LogP contribution in [0.2, 0.25) is 0 Å². The van der Waals surface area contributed by atoms with Crippen LogP contribution >= 0.6 is 0 Å². The summed E-state index contributed by atoms with van der Waals surface area (Å²) in [6.07, 6.45) is 3.73. The number of pyridine rings is 1. The van der Waals surface area contributed by atoms with Crippen molar-refractivity contribution in [2.24, 2.45) is 0 Å². The Kier molecular flexibility index (Phi) is 5.55. The number of halogens is 2. The summed E-state index contributed by atoms with van der Waals surface area (Å²) >= 11 is 0. The number of hydrogen-bond donors (Lipinski definition) is 1. The van der Waals surface area contributed by atoms with E-state index in [2.05, 4.69) is 30.1 Å². The van der Waals surface area contributed by atoms with Gasteiger partial charge in [-0.2, -0.15) is 13.8 Å². The Hall–Kier alpha value is -3.23. The topological polar surface area (TPSA) is 76.3 Å². The highest BCUT2D eigenvalue weighted by atomic mass is 19.3. The van der Waals surface area contributed by atoms with Crippen molar-refractivity contribution in [3.63, 3.8) is 0 Å². The number of aromatic nitrogens is 3. The highest BCUT2D eigenvalue weighted by molar-refractivity contribution is 5.58. The van der Waals surface area contributed by atoms with Gasteiger partial charge in [0, 0.05) is 36.6 Å². The molecule has 3 aromatic rings. The maximum absolute atomic E-state index is 12.3. The van der Waals surface area contributed by atoms with Crippen molar-refractivity contribution >= 4 is 11.5 Å². The van der Waals surface area contributed by atoms with E-state index in [1.54, 1.807) is 37.4 Å². The number of piperidine rings is 1. The molecule has 0 radical (unpaired) electrons. The number of nitrogens with zero attached hydrogens (tertiary/aromatic N) is 4. The molecule has 0 bridgehead atoms. The van der Waals surface area contributed by atoms with Crippen molar-refractivity contribution in [3.05, 3.63) is 48.4 Å². The third-order valence-electron chi connectivity index (χ3n) is 4.73. The summed E-state index contributed by atoms with van der Waals surface area (Å²) in [6.45, 7) is 0.641. The molecule has 1 aliphatic heterocycles. The monoisotopic (exact) mass is 401 g/mol. The van der Waals surface area contributed by atoms with E-state index in [0.717, 1.165) is 43.0 Å². The van der Waals surface area contributed by atoms with Gasteiger partial charge in [0.1, 0.15) is 11.6 Å². The Morgan fingerprint density at radius 3 is 2.79 bits per heavy atom. The summed E-state index contributed by atoms with van der Waals surface area (Å²) in [5.74, 6) is 1.95. The predicted molar refractivity (Wildman–Crippen MR) is 104 cm³/mol. The van der Waals surface area contributed by atoms with Gasteiger partial charge in [0.2, 0.25) is 0 Å². The lowest BCUT2D eigenvalue weighted by molar-refractivity contribution is -0.0498. The zero-order valence-corrected chi connectivity index (χ0v) is 15.9. The number of rotatable bonds is 6.